The van der Waals surface area contributed by atoms with Crippen LogP contribution in [0.15, 0.2) is 24.3 Å². The Morgan fingerprint density at radius 1 is 0.909 bits per heavy atom. The molecule has 6 nitrogen and oxygen atoms in total. The van der Waals surface area contributed by atoms with Crippen LogP contribution in [-0.4, -0.2) is 42.9 Å². The van der Waals surface area contributed by atoms with E-state index in [-0.39, 0.29) is 5.91 Å². The van der Waals surface area contributed by atoms with Gasteiger partial charge in [-0.2, -0.15) is 0 Å². The average molecular weight is 306 g/mol. The molecule has 0 fully saturated rings. The van der Waals surface area contributed by atoms with Crippen LogP contribution in [0.25, 0.3) is 0 Å². The van der Waals surface area contributed by atoms with Gasteiger partial charge in [-0.1, -0.05) is 6.07 Å². The first kappa shape index (κ1) is 18.1. The summed E-state index contributed by atoms with van der Waals surface area (Å²) in [5.74, 6) is -0.621. The van der Waals surface area contributed by atoms with E-state index in [1.165, 1.54) is 0 Å². The van der Waals surface area contributed by atoms with Gasteiger partial charge >= 0.3 is 0 Å². The van der Waals surface area contributed by atoms with E-state index in [4.69, 9.17) is 17.2 Å². The number of hydrogen-bond acceptors (Lipinski definition) is 4. The lowest BCUT2D eigenvalue weighted by Crippen LogP contribution is -2.33. The van der Waals surface area contributed by atoms with E-state index < -0.39 is 5.91 Å². The van der Waals surface area contributed by atoms with Crippen molar-refractivity contribution in [3.05, 3.63) is 35.4 Å². The van der Waals surface area contributed by atoms with E-state index in [2.05, 4.69) is 0 Å². The molecule has 0 bridgehead atoms. The maximum Gasteiger partial charge on any atom is 0.253 e. The molecule has 1 aromatic rings. The SMILES string of the molecule is NCCCCN(CCCCN)C(=O)c1cccc(C(N)=O)c1. The van der Waals surface area contributed by atoms with Crippen LogP contribution in [-0.2, 0) is 0 Å². The molecule has 0 heterocycles. The van der Waals surface area contributed by atoms with Crippen LogP contribution in [0.1, 0.15) is 46.4 Å². The van der Waals surface area contributed by atoms with Gasteiger partial charge in [0.2, 0.25) is 5.91 Å². The van der Waals surface area contributed by atoms with E-state index >= 15 is 0 Å². The molecule has 0 saturated carbocycles. The molecule has 0 radical (unpaired) electrons. The van der Waals surface area contributed by atoms with Crippen molar-refractivity contribution < 1.29 is 9.59 Å². The van der Waals surface area contributed by atoms with Gasteiger partial charge in [-0.05, 0) is 57.0 Å². The largest absolute Gasteiger partial charge is 0.366 e. The van der Waals surface area contributed by atoms with Crippen LogP contribution in [0.5, 0.6) is 0 Å². The van der Waals surface area contributed by atoms with E-state index in [0.717, 1.165) is 25.7 Å². The van der Waals surface area contributed by atoms with Crippen LogP contribution in [0.2, 0.25) is 0 Å². The summed E-state index contributed by atoms with van der Waals surface area (Å²) in [4.78, 5) is 25.7. The fourth-order valence-corrected chi connectivity index (χ4v) is 2.20. The van der Waals surface area contributed by atoms with E-state index in [9.17, 15) is 9.59 Å². The summed E-state index contributed by atoms with van der Waals surface area (Å²) in [6.07, 6.45) is 3.48. The van der Waals surface area contributed by atoms with Gasteiger partial charge in [0.1, 0.15) is 0 Å². The number of nitrogens with zero attached hydrogens (tertiary/aromatic N) is 1. The van der Waals surface area contributed by atoms with Crippen LogP contribution < -0.4 is 17.2 Å². The highest BCUT2D eigenvalue weighted by Crippen LogP contribution is 2.10. The lowest BCUT2D eigenvalue weighted by Gasteiger charge is -2.23. The molecule has 1 aromatic carbocycles. The summed E-state index contributed by atoms with van der Waals surface area (Å²) in [7, 11) is 0. The first-order valence-corrected chi connectivity index (χ1v) is 7.69. The second kappa shape index (κ2) is 9.92. The van der Waals surface area contributed by atoms with Gasteiger partial charge in [-0.15, -0.1) is 0 Å². The summed E-state index contributed by atoms with van der Waals surface area (Å²) in [5.41, 5.74) is 17.1. The first-order valence-electron chi connectivity index (χ1n) is 7.69. The molecule has 6 heteroatoms. The number of rotatable bonds is 10. The zero-order valence-electron chi connectivity index (χ0n) is 13.0. The Morgan fingerprint density at radius 2 is 1.45 bits per heavy atom. The van der Waals surface area contributed by atoms with Gasteiger partial charge in [0.25, 0.3) is 5.91 Å². The topological polar surface area (TPSA) is 115 Å². The maximum atomic E-state index is 12.6. The highest BCUT2D eigenvalue weighted by Gasteiger charge is 2.16. The Kier molecular flexibility index (Phi) is 8.17. The Labute approximate surface area is 131 Å². The fourth-order valence-electron chi connectivity index (χ4n) is 2.20. The Morgan fingerprint density at radius 3 is 1.95 bits per heavy atom. The molecular weight excluding hydrogens is 280 g/mol. The predicted molar refractivity (Wildman–Crippen MR) is 87.4 cm³/mol. The van der Waals surface area contributed by atoms with Crippen molar-refractivity contribution in [2.75, 3.05) is 26.2 Å². The Hall–Kier alpha value is -1.92. The first-order chi connectivity index (χ1) is 10.6. The standard InChI is InChI=1S/C16H26N4O2/c17-8-1-3-10-20(11-4-2-9-18)16(22)14-7-5-6-13(12-14)15(19)21/h5-7,12H,1-4,8-11,17-18H2,(H2,19,21). The average Bonchev–Trinajstić information content (AvgIpc) is 2.53. The molecule has 1 rings (SSSR count). The summed E-state index contributed by atoms with van der Waals surface area (Å²) < 4.78 is 0. The molecular formula is C16H26N4O2. The normalized spacial score (nSPS) is 10.5. The summed E-state index contributed by atoms with van der Waals surface area (Å²) in [6, 6.07) is 6.52. The minimum atomic E-state index is -0.535. The summed E-state index contributed by atoms with van der Waals surface area (Å²) in [6.45, 7) is 2.53. The number of benzene rings is 1. The zero-order chi connectivity index (χ0) is 16.4. The van der Waals surface area contributed by atoms with Crippen molar-refractivity contribution in [3.8, 4) is 0 Å². The van der Waals surface area contributed by atoms with Crippen molar-refractivity contribution >= 4 is 11.8 Å². The number of hydrogen-bond donors (Lipinski definition) is 3. The van der Waals surface area contributed by atoms with Gasteiger partial charge in [-0.25, -0.2) is 0 Å². The monoisotopic (exact) mass is 306 g/mol. The maximum absolute atomic E-state index is 12.6. The Bertz CT molecular complexity index is 481. The lowest BCUT2D eigenvalue weighted by molar-refractivity contribution is 0.0750. The van der Waals surface area contributed by atoms with E-state index in [1.807, 2.05) is 0 Å². The van der Waals surface area contributed by atoms with Gasteiger partial charge in [0.15, 0.2) is 0 Å². The fraction of sp³-hybridized carbons (Fsp3) is 0.500. The van der Waals surface area contributed by atoms with Crippen molar-refractivity contribution in [3.63, 3.8) is 0 Å². The summed E-state index contributed by atoms with van der Waals surface area (Å²) in [5, 5.41) is 0. The van der Waals surface area contributed by atoms with Crippen molar-refractivity contribution in [1.82, 2.24) is 4.90 Å². The molecule has 6 N–H and O–H groups in total. The molecule has 0 unspecified atom stereocenters. The predicted octanol–water partition coefficient (Wildman–Crippen LogP) is 0.706. The van der Waals surface area contributed by atoms with Crippen molar-refractivity contribution in [2.24, 2.45) is 17.2 Å². The van der Waals surface area contributed by atoms with Gasteiger partial charge < -0.3 is 22.1 Å². The number of amides is 2. The highest BCUT2D eigenvalue weighted by molar-refractivity contribution is 5.99. The molecule has 0 spiro atoms. The zero-order valence-corrected chi connectivity index (χ0v) is 13.0. The molecule has 2 amide bonds. The van der Waals surface area contributed by atoms with Crippen LogP contribution in [0.4, 0.5) is 0 Å². The molecule has 0 atom stereocenters. The minimum absolute atomic E-state index is 0.0860. The molecule has 0 aromatic heterocycles. The number of unbranched alkanes of at least 4 members (excludes halogenated alkanes) is 2. The van der Waals surface area contributed by atoms with E-state index in [0.29, 0.717) is 37.3 Å². The number of nitrogens with two attached hydrogens (primary N) is 3. The number of carbonyl (C=O) groups is 2. The molecule has 22 heavy (non-hydrogen) atoms. The number of primary amides is 1. The van der Waals surface area contributed by atoms with Gasteiger partial charge in [0, 0.05) is 24.2 Å². The third-order valence-corrected chi connectivity index (χ3v) is 3.45. The quantitative estimate of drug-likeness (QED) is 0.552. The van der Waals surface area contributed by atoms with Crippen LogP contribution >= 0.6 is 0 Å². The van der Waals surface area contributed by atoms with Crippen LogP contribution in [0, 0.1) is 0 Å². The third-order valence-electron chi connectivity index (χ3n) is 3.45. The van der Waals surface area contributed by atoms with E-state index in [1.54, 1.807) is 29.2 Å². The molecule has 0 saturated heterocycles. The highest BCUT2D eigenvalue weighted by atomic mass is 16.2. The van der Waals surface area contributed by atoms with Crippen LogP contribution in [0.3, 0.4) is 0 Å². The van der Waals surface area contributed by atoms with Crippen molar-refractivity contribution in [2.45, 2.75) is 25.7 Å². The summed E-state index contributed by atoms with van der Waals surface area (Å²) >= 11 is 0. The van der Waals surface area contributed by atoms with Gasteiger partial charge in [0.05, 0.1) is 0 Å². The molecule has 0 aliphatic carbocycles. The smallest absolute Gasteiger partial charge is 0.253 e. The molecule has 0 aliphatic heterocycles. The Balaban J connectivity index is 2.79. The molecule has 0 aliphatic rings. The number of carbonyl (C=O) groups excluding carboxylic acids is 2. The molecule has 122 valence electrons. The van der Waals surface area contributed by atoms with Crippen molar-refractivity contribution in [1.29, 1.82) is 0 Å². The lowest BCUT2D eigenvalue weighted by atomic mass is 10.1. The second-order valence-corrected chi connectivity index (χ2v) is 5.23. The second-order valence-electron chi connectivity index (χ2n) is 5.23. The third kappa shape index (κ3) is 5.83. The van der Waals surface area contributed by atoms with Gasteiger partial charge in [-0.3, -0.25) is 9.59 Å². The minimum Gasteiger partial charge on any atom is -0.366 e.